The van der Waals surface area contributed by atoms with E-state index in [0.29, 0.717) is 5.56 Å². The van der Waals surface area contributed by atoms with Gasteiger partial charge in [0.05, 0.1) is 5.56 Å². The van der Waals surface area contributed by atoms with Gasteiger partial charge >= 0.3 is 11.7 Å². The van der Waals surface area contributed by atoms with Gasteiger partial charge < -0.3 is 10.5 Å². The molecule has 0 atom stereocenters. The molecule has 0 fully saturated rings. The number of nitrogen functional groups attached to an aromatic ring is 1. The van der Waals surface area contributed by atoms with Crippen LogP contribution in [0.25, 0.3) is 0 Å². The lowest BCUT2D eigenvalue weighted by molar-refractivity contribution is 0.0472. The molecule has 1 aromatic carbocycles. The largest absolute Gasteiger partial charge is 0.454 e. The molecule has 8 nitrogen and oxygen atoms in total. The lowest BCUT2D eigenvalue weighted by atomic mass is 10.00. The molecule has 0 aliphatic carbocycles. The van der Waals surface area contributed by atoms with Crippen LogP contribution in [-0.4, -0.2) is 27.5 Å². The number of anilines is 1. The summed E-state index contributed by atoms with van der Waals surface area (Å²) in [5.74, 6) is -1.69. The lowest BCUT2D eigenvalue weighted by Gasteiger charge is -2.12. The third kappa shape index (κ3) is 3.30. The third-order valence-electron chi connectivity index (χ3n) is 4.20. The van der Waals surface area contributed by atoms with Gasteiger partial charge in [0, 0.05) is 14.1 Å². The second-order valence-electron chi connectivity index (χ2n) is 6.24. The molecule has 0 amide bonds. The van der Waals surface area contributed by atoms with Crippen molar-refractivity contribution >= 4 is 17.6 Å². The minimum atomic E-state index is -0.825. The molecule has 0 saturated heterocycles. The van der Waals surface area contributed by atoms with E-state index >= 15 is 0 Å². The molecule has 0 aliphatic heterocycles. The smallest absolute Gasteiger partial charge is 0.339 e. The molecule has 1 heterocycles. The predicted octanol–water partition coefficient (Wildman–Crippen LogP) is 0.631. The van der Waals surface area contributed by atoms with Crippen molar-refractivity contribution in [1.82, 2.24) is 9.13 Å². The van der Waals surface area contributed by atoms with E-state index in [9.17, 15) is 19.2 Å². The molecule has 2 N–H and O–H groups in total. The Balaban J connectivity index is 2.30. The summed E-state index contributed by atoms with van der Waals surface area (Å²) in [7, 11) is 2.59. The number of Topliss-reactive ketones (excluding diaryl/α,β-unsaturated/α-hetero) is 1. The molecule has 8 heteroatoms. The molecular weight excluding hydrogens is 338 g/mol. The van der Waals surface area contributed by atoms with Crippen LogP contribution < -0.4 is 17.0 Å². The Labute approximate surface area is 149 Å². The van der Waals surface area contributed by atoms with Gasteiger partial charge in [0.15, 0.2) is 6.61 Å². The molecule has 0 spiro atoms. The van der Waals surface area contributed by atoms with Gasteiger partial charge in [-0.25, -0.2) is 9.59 Å². The summed E-state index contributed by atoms with van der Waals surface area (Å²) in [6, 6.07) is 3.68. The first-order valence-corrected chi connectivity index (χ1v) is 7.90. The third-order valence-corrected chi connectivity index (χ3v) is 4.20. The normalized spacial score (nSPS) is 10.7. The number of carbonyl (C=O) groups excluding carboxylic acids is 2. The highest BCUT2D eigenvalue weighted by Gasteiger charge is 2.22. The fraction of sp³-hybridized carbons (Fsp3) is 0.333. The predicted molar refractivity (Wildman–Crippen MR) is 96.6 cm³/mol. The number of hydrogen-bond donors (Lipinski definition) is 1. The maximum Gasteiger partial charge on any atom is 0.339 e. The van der Waals surface area contributed by atoms with E-state index in [1.165, 1.54) is 14.1 Å². The van der Waals surface area contributed by atoms with Gasteiger partial charge in [-0.3, -0.25) is 18.7 Å². The number of benzene rings is 1. The second-order valence-corrected chi connectivity index (χ2v) is 6.24. The number of aryl methyl sites for hydroxylation is 3. The summed E-state index contributed by atoms with van der Waals surface area (Å²) in [5, 5.41) is 0. The van der Waals surface area contributed by atoms with E-state index < -0.39 is 29.6 Å². The Morgan fingerprint density at radius 1 is 1.00 bits per heavy atom. The summed E-state index contributed by atoms with van der Waals surface area (Å²) < 4.78 is 6.85. The highest BCUT2D eigenvalue weighted by Crippen LogP contribution is 2.17. The van der Waals surface area contributed by atoms with Crippen molar-refractivity contribution in [2.24, 2.45) is 14.1 Å². The number of rotatable bonds is 4. The molecule has 0 bridgehead atoms. The number of hydrogen-bond acceptors (Lipinski definition) is 6. The van der Waals surface area contributed by atoms with Gasteiger partial charge in [0.2, 0.25) is 5.78 Å². The van der Waals surface area contributed by atoms with E-state index in [4.69, 9.17) is 10.5 Å². The molecular formula is C18H21N3O5. The van der Waals surface area contributed by atoms with Crippen LogP contribution in [0.4, 0.5) is 5.82 Å². The van der Waals surface area contributed by atoms with Crippen molar-refractivity contribution in [3.8, 4) is 0 Å². The van der Waals surface area contributed by atoms with Gasteiger partial charge in [-0.15, -0.1) is 0 Å². The van der Waals surface area contributed by atoms with Crippen LogP contribution in [0.15, 0.2) is 21.7 Å². The Morgan fingerprint density at radius 3 is 2.08 bits per heavy atom. The van der Waals surface area contributed by atoms with Crippen LogP contribution in [0.2, 0.25) is 0 Å². The van der Waals surface area contributed by atoms with Gasteiger partial charge in [0.1, 0.15) is 11.4 Å². The van der Waals surface area contributed by atoms with Crippen molar-refractivity contribution in [2.75, 3.05) is 12.3 Å². The standard InChI is InChI=1S/C18H21N3O5/c1-9-6-10(2)13(11(3)7-9)17(24)26-8-12(22)14-15(19)20(4)18(25)21(5)16(14)23/h6-7H,8,19H2,1-5H3. The summed E-state index contributed by atoms with van der Waals surface area (Å²) in [6.07, 6.45) is 0. The summed E-state index contributed by atoms with van der Waals surface area (Å²) in [4.78, 5) is 48.7. The van der Waals surface area contributed by atoms with Crippen LogP contribution in [0.1, 0.15) is 37.4 Å². The maximum atomic E-state index is 12.4. The molecule has 0 radical (unpaired) electrons. The highest BCUT2D eigenvalue weighted by molar-refractivity contribution is 6.02. The summed E-state index contributed by atoms with van der Waals surface area (Å²) in [6.45, 7) is 4.82. The van der Waals surface area contributed by atoms with Crippen LogP contribution in [0.5, 0.6) is 0 Å². The Bertz CT molecular complexity index is 1010. The van der Waals surface area contributed by atoms with Crippen molar-refractivity contribution in [2.45, 2.75) is 20.8 Å². The minimum absolute atomic E-state index is 0.262. The van der Waals surface area contributed by atoms with Crippen LogP contribution in [0, 0.1) is 20.8 Å². The first-order chi connectivity index (χ1) is 12.1. The average molecular weight is 359 g/mol. The fourth-order valence-electron chi connectivity index (χ4n) is 2.90. The van der Waals surface area contributed by atoms with E-state index in [1.807, 2.05) is 19.1 Å². The van der Waals surface area contributed by atoms with Crippen molar-refractivity contribution in [3.63, 3.8) is 0 Å². The number of nitrogens with zero attached hydrogens (tertiary/aromatic N) is 2. The molecule has 26 heavy (non-hydrogen) atoms. The fourth-order valence-corrected chi connectivity index (χ4v) is 2.90. The van der Waals surface area contributed by atoms with Gasteiger partial charge in [-0.2, -0.15) is 0 Å². The Kier molecular flexibility index (Phi) is 5.15. The first kappa shape index (κ1) is 19.2. The van der Waals surface area contributed by atoms with E-state index in [2.05, 4.69) is 0 Å². The monoisotopic (exact) mass is 359 g/mol. The molecule has 2 aromatic rings. The molecule has 0 unspecified atom stereocenters. The summed E-state index contributed by atoms with van der Waals surface area (Å²) in [5.41, 5.74) is 6.73. The highest BCUT2D eigenvalue weighted by atomic mass is 16.5. The Morgan fingerprint density at radius 2 is 1.54 bits per heavy atom. The SMILES string of the molecule is Cc1cc(C)c(C(=O)OCC(=O)c2c(N)n(C)c(=O)n(C)c2=O)c(C)c1. The number of carbonyl (C=O) groups is 2. The van der Waals surface area contributed by atoms with Crippen molar-refractivity contribution < 1.29 is 14.3 Å². The van der Waals surface area contributed by atoms with Crippen LogP contribution in [-0.2, 0) is 18.8 Å². The van der Waals surface area contributed by atoms with Crippen molar-refractivity contribution in [1.29, 1.82) is 0 Å². The molecule has 0 saturated carbocycles. The quantitative estimate of drug-likeness (QED) is 0.633. The summed E-state index contributed by atoms with van der Waals surface area (Å²) >= 11 is 0. The van der Waals surface area contributed by atoms with E-state index in [0.717, 1.165) is 25.8 Å². The van der Waals surface area contributed by atoms with Crippen molar-refractivity contribution in [3.05, 3.63) is 60.8 Å². The lowest BCUT2D eigenvalue weighted by Crippen LogP contribution is -2.42. The topological polar surface area (TPSA) is 113 Å². The Hall–Kier alpha value is -3.16. The molecule has 1 aromatic heterocycles. The molecule has 2 rings (SSSR count). The molecule has 0 aliphatic rings. The number of ketones is 1. The van der Waals surface area contributed by atoms with E-state index in [1.54, 1.807) is 13.8 Å². The van der Waals surface area contributed by atoms with Gasteiger partial charge in [-0.05, 0) is 31.9 Å². The zero-order valence-corrected chi connectivity index (χ0v) is 15.4. The second kappa shape index (κ2) is 6.99. The van der Waals surface area contributed by atoms with Gasteiger partial charge in [-0.1, -0.05) is 17.7 Å². The zero-order chi connectivity index (χ0) is 19.8. The number of ether oxygens (including phenoxy) is 1. The molecule has 138 valence electrons. The van der Waals surface area contributed by atoms with Crippen LogP contribution in [0.3, 0.4) is 0 Å². The minimum Gasteiger partial charge on any atom is -0.454 e. The number of nitrogens with two attached hydrogens (primary N) is 1. The first-order valence-electron chi connectivity index (χ1n) is 7.90. The van der Waals surface area contributed by atoms with E-state index in [-0.39, 0.29) is 11.4 Å². The average Bonchev–Trinajstić information content (AvgIpc) is 2.55. The van der Waals surface area contributed by atoms with Crippen LogP contribution >= 0.6 is 0 Å². The van der Waals surface area contributed by atoms with Gasteiger partial charge in [0.25, 0.3) is 5.56 Å². The number of esters is 1. The zero-order valence-electron chi connectivity index (χ0n) is 15.4. The maximum absolute atomic E-state index is 12.4. The number of aromatic nitrogens is 2.